The van der Waals surface area contributed by atoms with Crippen molar-refractivity contribution < 1.29 is 9.59 Å². The van der Waals surface area contributed by atoms with E-state index in [2.05, 4.69) is 10.3 Å². The van der Waals surface area contributed by atoms with Crippen LogP contribution in [0.3, 0.4) is 0 Å². The second-order valence-electron chi connectivity index (χ2n) is 8.71. The second kappa shape index (κ2) is 10.5. The molecule has 7 heteroatoms. The number of rotatable bonds is 7. The summed E-state index contributed by atoms with van der Waals surface area (Å²) in [6, 6.07) is 21.9. The van der Waals surface area contributed by atoms with Gasteiger partial charge in [-0.15, -0.1) is 0 Å². The fourth-order valence-corrected chi connectivity index (χ4v) is 4.66. The summed E-state index contributed by atoms with van der Waals surface area (Å²) >= 11 is 0. The Balaban J connectivity index is 1.50. The third-order valence-electron chi connectivity index (χ3n) is 6.47. The zero-order chi connectivity index (χ0) is 24.1. The number of anilines is 1. The van der Waals surface area contributed by atoms with Gasteiger partial charge < -0.3 is 21.7 Å². The largest absolute Gasteiger partial charge is 0.384 e. The van der Waals surface area contributed by atoms with Crippen molar-refractivity contribution in [2.24, 2.45) is 5.73 Å². The van der Waals surface area contributed by atoms with E-state index in [0.717, 1.165) is 28.8 Å². The number of hydrogen-bond acceptors (Lipinski definition) is 5. The van der Waals surface area contributed by atoms with Crippen molar-refractivity contribution in [3.05, 3.63) is 95.2 Å². The van der Waals surface area contributed by atoms with Crippen molar-refractivity contribution in [3.63, 3.8) is 0 Å². The van der Waals surface area contributed by atoms with Gasteiger partial charge in [0, 0.05) is 24.7 Å². The number of nitrogen functional groups attached to an aromatic ring is 1. The van der Waals surface area contributed by atoms with Gasteiger partial charge in [-0.2, -0.15) is 0 Å². The summed E-state index contributed by atoms with van der Waals surface area (Å²) in [6.07, 6.45) is 1.38. The summed E-state index contributed by atoms with van der Waals surface area (Å²) in [6.45, 7) is 2.71. The molecule has 176 valence electrons. The van der Waals surface area contributed by atoms with Gasteiger partial charge in [0.05, 0.1) is 6.04 Å². The highest BCUT2D eigenvalue weighted by molar-refractivity contribution is 5.91. The zero-order valence-electron chi connectivity index (χ0n) is 19.4. The van der Waals surface area contributed by atoms with Gasteiger partial charge in [-0.3, -0.25) is 9.59 Å². The minimum Gasteiger partial charge on any atom is -0.384 e. The van der Waals surface area contributed by atoms with E-state index in [1.54, 1.807) is 11.0 Å². The van der Waals surface area contributed by atoms with E-state index >= 15 is 0 Å². The lowest BCUT2D eigenvalue weighted by Gasteiger charge is -2.31. The van der Waals surface area contributed by atoms with E-state index in [9.17, 15) is 9.59 Å². The number of nitrogens with one attached hydrogen (secondary N) is 1. The first-order valence-corrected chi connectivity index (χ1v) is 11.6. The van der Waals surface area contributed by atoms with Crippen molar-refractivity contribution in [2.75, 3.05) is 12.3 Å². The molecule has 1 saturated heterocycles. The molecule has 34 heavy (non-hydrogen) atoms. The monoisotopic (exact) mass is 457 g/mol. The molecule has 0 radical (unpaired) electrons. The molecule has 2 unspecified atom stereocenters. The molecule has 0 bridgehead atoms. The maximum absolute atomic E-state index is 13.6. The Hall–Kier alpha value is -3.71. The summed E-state index contributed by atoms with van der Waals surface area (Å²) in [5, 5.41) is 2.96. The lowest BCUT2D eigenvalue weighted by molar-refractivity contribution is -0.139. The first-order valence-electron chi connectivity index (χ1n) is 11.6. The third-order valence-corrected chi connectivity index (χ3v) is 6.47. The molecule has 1 fully saturated rings. The van der Waals surface area contributed by atoms with Gasteiger partial charge in [-0.25, -0.2) is 4.98 Å². The molecule has 1 aromatic heterocycles. The smallest absolute Gasteiger partial charge is 0.243 e. The number of carbonyl (C=O) groups excluding carboxylic acids is 2. The molecular formula is C27H31N5O2. The fraction of sp³-hybridized carbons (Fsp3) is 0.296. The summed E-state index contributed by atoms with van der Waals surface area (Å²) < 4.78 is 0. The van der Waals surface area contributed by atoms with Crippen LogP contribution in [0.25, 0.3) is 0 Å². The lowest BCUT2D eigenvalue weighted by atomic mass is 9.84. The number of aromatic nitrogens is 1. The molecule has 1 aliphatic rings. The van der Waals surface area contributed by atoms with E-state index in [1.165, 1.54) is 0 Å². The Kier molecular flexibility index (Phi) is 7.23. The first kappa shape index (κ1) is 23.4. The number of carbonyl (C=O) groups is 2. The third kappa shape index (κ3) is 5.10. The molecule has 3 aromatic rings. The highest BCUT2D eigenvalue weighted by Crippen LogP contribution is 2.30. The highest BCUT2D eigenvalue weighted by Gasteiger charge is 2.39. The Morgan fingerprint density at radius 1 is 1.03 bits per heavy atom. The van der Waals surface area contributed by atoms with E-state index in [-0.39, 0.29) is 17.7 Å². The van der Waals surface area contributed by atoms with Gasteiger partial charge in [0.2, 0.25) is 11.8 Å². The Bertz CT molecular complexity index is 1100. The number of aryl methyl sites for hydroxylation is 1. The van der Waals surface area contributed by atoms with Crippen LogP contribution in [0.15, 0.2) is 72.8 Å². The van der Waals surface area contributed by atoms with E-state index in [1.807, 2.05) is 73.7 Å². The van der Waals surface area contributed by atoms with Crippen LogP contribution in [0.1, 0.15) is 41.1 Å². The van der Waals surface area contributed by atoms with E-state index in [0.29, 0.717) is 25.3 Å². The van der Waals surface area contributed by atoms with Crippen LogP contribution >= 0.6 is 0 Å². The molecule has 2 aromatic carbocycles. The minimum atomic E-state index is -0.804. The van der Waals surface area contributed by atoms with Crippen LogP contribution in [-0.2, 0) is 16.1 Å². The number of amides is 2. The summed E-state index contributed by atoms with van der Waals surface area (Å²) in [7, 11) is 0. The van der Waals surface area contributed by atoms with E-state index in [4.69, 9.17) is 11.5 Å². The van der Waals surface area contributed by atoms with Crippen LogP contribution < -0.4 is 16.8 Å². The molecule has 0 spiro atoms. The maximum Gasteiger partial charge on any atom is 0.243 e. The van der Waals surface area contributed by atoms with Crippen LogP contribution in [0.2, 0.25) is 0 Å². The van der Waals surface area contributed by atoms with Crippen molar-refractivity contribution in [3.8, 4) is 0 Å². The molecule has 5 N–H and O–H groups in total. The molecule has 4 rings (SSSR count). The van der Waals surface area contributed by atoms with Crippen LogP contribution in [0.4, 0.5) is 5.82 Å². The Morgan fingerprint density at radius 2 is 1.65 bits per heavy atom. The number of benzene rings is 2. The van der Waals surface area contributed by atoms with Crippen LogP contribution in [0.5, 0.6) is 0 Å². The summed E-state index contributed by atoms with van der Waals surface area (Å²) in [5.41, 5.74) is 16.0. The normalized spacial score (nSPS) is 16.4. The number of nitrogens with two attached hydrogens (primary N) is 2. The molecule has 0 aliphatic carbocycles. The molecule has 7 nitrogen and oxygen atoms in total. The van der Waals surface area contributed by atoms with Crippen molar-refractivity contribution in [2.45, 2.75) is 44.3 Å². The average Bonchev–Trinajstić information content (AvgIpc) is 3.34. The summed E-state index contributed by atoms with van der Waals surface area (Å²) in [4.78, 5) is 32.5. The SMILES string of the molecule is Cc1nc(N)ccc1CNC(=O)C1CCCN1C(=O)C(N)C(c1ccccc1)c1ccccc1. The van der Waals surface area contributed by atoms with Crippen molar-refractivity contribution in [1.82, 2.24) is 15.2 Å². The van der Waals surface area contributed by atoms with Gasteiger partial charge in [0.15, 0.2) is 0 Å². The van der Waals surface area contributed by atoms with Crippen molar-refractivity contribution >= 4 is 17.6 Å². The predicted molar refractivity (Wildman–Crippen MR) is 133 cm³/mol. The molecular weight excluding hydrogens is 426 g/mol. The van der Waals surface area contributed by atoms with Gasteiger partial charge in [0.25, 0.3) is 0 Å². The molecule has 2 heterocycles. The predicted octanol–water partition coefficient (Wildman–Crippen LogP) is 2.74. The quantitative estimate of drug-likeness (QED) is 0.505. The van der Waals surface area contributed by atoms with E-state index < -0.39 is 12.1 Å². The Morgan fingerprint density at radius 3 is 2.24 bits per heavy atom. The maximum atomic E-state index is 13.6. The number of hydrogen-bond donors (Lipinski definition) is 3. The van der Waals surface area contributed by atoms with Crippen LogP contribution in [0, 0.1) is 6.92 Å². The van der Waals surface area contributed by atoms with Gasteiger partial charge >= 0.3 is 0 Å². The zero-order valence-corrected chi connectivity index (χ0v) is 19.4. The molecule has 2 atom stereocenters. The summed E-state index contributed by atoms with van der Waals surface area (Å²) in [5.74, 6) is -0.242. The van der Waals surface area contributed by atoms with Gasteiger partial charge in [-0.05, 0) is 42.5 Å². The van der Waals surface area contributed by atoms with Gasteiger partial charge in [0.1, 0.15) is 11.9 Å². The topological polar surface area (TPSA) is 114 Å². The lowest BCUT2D eigenvalue weighted by Crippen LogP contribution is -2.52. The number of pyridine rings is 1. The minimum absolute atomic E-state index is 0.176. The fourth-order valence-electron chi connectivity index (χ4n) is 4.66. The standard InChI is InChI=1S/C27H31N5O2/c1-18-21(14-15-23(28)31-18)17-30-26(33)22-13-8-16-32(22)27(34)25(29)24(19-9-4-2-5-10-19)20-11-6-3-7-12-20/h2-7,9-12,14-15,22,24-25H,8,13,16-17,29H2,1H3,(H2,28,31)(H,30,33). The van der Waals surface area contributed by atoms with Crippen LogP contribution in [-0.4, -0.2) is 40.3 Å². The Labute approximate surface area is 200 Å². The molecule has 2 amide bonds. The average molecular weight is 458 g/mol. The molecule has 1 aliphatic heterocycles. The first-order chi connectivity index (χ1) is 16.5. The van der Waals surface area contributed by atoms with Crippen molar-refractivity contribution in [1.29, 1.82) is 0 Å². The number of nitrogens with zero attached hydrogens (tertiary/aromatic N) is 2. The highest BCUT2D eigenvalue weighted by atomic mass is 16.2. The van der Waals surface area contributed by atoms with Gasteiger partial charge in [-0.1, -0.05) is 66.7 Å². The second-order valence-corrected chi connectivity index (χ2v) is 8.71. The number of likely N-dealkylation sites (tertiary alicyclic amines) is 1. The molecule has 0 saturated carbocycles.